The van der Waals surface area contributed by atoms with E-state index in [1.165, 1.54) is 12.8 Å². The van der Waals surface area contributed by atoms with Gasteiger partial charge in [0.05, 0.1) is 5.75 Å². The molecule has 21 heavy (non-hydrogen) atoms. The van der Waals surface area contributed by atoms with E-state index in [2.05, 4.69) is 4.72 Å². The Labute approximate surface area is 126 Å². The number of nitrogens with one attached hydrogen (secondary N) is 1. The summed E-state index contributed by atoms with van der Waals surface area (Å²) in [5.74, 6) is 0.749. The second kappa shape index (κ2) is 7.89. The Morgan fingerprint density at radius 1 is 1.19 bits per heavy atom. The first kappa shape index (κ1) is 16.4. The van der Waals surface area contributed by atoms with Gasteiger partial charge >= 0.3 is 0 Å². The minimum atomic E-state index is -3.28. The molecule has 0 radical (unpaired) electrons. The van der Waals surface area contributed by atoms with Crippen LogP contribution < -0.4 is 10.5 Å². The van der Waals surface area contributed by atoms with Crippen molar-refractivity contribution >= 4 is 10.0 Å². The van der Waals surface area contributed by atoms with Gasteiger partial charge in [0.25, 0.3) is 0 Å². The van der Waals surface area contributed by atoms with Crippen LogP contribution in [0, 0.1) is 5.92 Å². The van der Waals surface area contributed by atoms with Crippen molar-refractivity contribution < 1.29 is 13.2 Å². The lowest BCUT2D eigenvalue weighted by atomic mass is 10.1. The zero-order valence-electron chi connectivity index (χ0n) is 12.3. The highest BCUT2D eigenvalue weighted by molar-refractivity contribution is 7.88. The van der Waals surface area contributed by atoms with Crippen LogP contribution in [0.15, 0.2) is 24.3 Å². The highest BCUT2D eigenvalue weighted by Gasteiger charge is 2.20. The lowest BCUT2D eigenvalue weighted by Gasteiger charge is -2.08. The smallest absolute Gasteiger partial charge is 0.215 e. The number of ether oxygens (including phenoxy) is 1. The molecule has 1 fully saturated rings. The summed E-state index contributed by atoms with van der Waals surface area (Å²) in [4.78, 5) is 0. The Balaban J connectivity index is 1.65. The van der Waals surface area contributed by atoms with E-state index in [-0.39, 0.29) is 5.75 Å². The third-order valence-electron chi connectivity index (χ3n) is 3.45. The molecule has 0 spiro atoms. The van der Waals surface area contributed by atoms with Crippen molar-refractivity contribution in [1.29, 1.82) is 0 Å². The largest absolute Gasteiger partial charge is 0.381 e. The maximum atomic E-state index is 11.9. The molecule has 0 heterocycles. The van der Waals surface area contributed by atoms with Crippen molar-refractivity contribution in [2.45, 2.75) is 31.6 Å². The molecule has 1 saturated carbocycles. The molecule has 5 nitrogen and oxygen atoms in total. The van der Waals surface area contributed by atoms with Gasteiger partial charge in [-0.15, -0.1) is 0 Å². The lowest BCUT2D eigenvalue weighted by molar-refractivity contribution is 0.123. The van der Waals surface area contributed by atoms with Crippen LogP contribution in [-0.2, 0) is 27.1 Å². The Morgan fingerprint density at radius 2 is 1.86 bits per heavy atom. The second-order valence-corrected chi connectivity index (χ2v) is 7.35. The van der Waals surface area contributed by atoms with E-state index in [9.17, 15) is 8.42 Å². The molecule has 1 aliphatic carbocycles. The summed E-state index contributed by atoms with van der Waals surface area (Å²) in [5.41, 5.74) is 7.28. The SMILES string of the molecule is NCc1ccc(CS(=O)(=O)NCCCOCC2CC2)cc1. The summed E-state index contributed by atoms with van der Waals surface area (Å²) in [6.07, 6.45) is 3.25. The number of hydrogen-bond donors (Lipinski definition) is 2. The molecule has 0 bridgehead atoms. The Kier molecular flexibility index (Phi) is 6.17. The van der Waals surface area contributed by atoms with Crippen LogP contribution >= 0.6 is 0 Å². The van der Waals surface area contributed by atoms with E-state index in [0.717, 1.165) is 23.7 Å². The molecule has 1 aromatic rings. The summed E-state index contributed by atoms with van der Waals surface area (Å²) in [5, 5.41) is 0. The Bertz CT molecular complexity index is 524. The maximum absolute atomic E-state index is 11.9. The molecule has 0 aromatic heterocycles. The molecule has 0 unspecified atom stereocenters. The van der Waals surface area contributed by atoms with Gasteiger partial charge in [-0.05, 0) is 36.3 Å². The fourth-order valence-corrected chi connectivity index (χ4v) is 3.17. The van der Waals surface area contributed by atoms with E-state index < -0.39 is 10.0 Å². The predicted octanol–water partition coefficient (Wildman–Crippen LogP) is 1.38. The van der Waals surface area contributed by atoms with Gasteiger partial charge in [0.1, 0.15) is 0 Å². The average molecular weight is 312 g/mol. The van der Waals surface area contributed by atoms with E-state index in [1.807, 2.05) is 12.1 Å². The van der Waals surface area contributed by atoms with Crippen molar-refractivity contribution in [3.8, 4) is 0 Å². The van der Waals surface area contributed by atoms with Crippen LogP contribution in [0.3, 0.4) is 0 Å². The highest BCUT2D eigenvalue weighted by Crippen LogP contribution is 2.28. The third kappa shape index (κ3) is 6.56. The summed E-state index contributed by atoms with van der Waals surface area (Å²) < 4.78 is 31.9. The second-order valence-electron chi connectivity index (χ2n) is 5.55. The van der Waals surface area contributed by atoms with Crippen molar-refractivity contribution in [2.24, 2.45) is 11.7 Å². The molecule has 0 amide bonds. The normalized spacial score (nSPS) is 15.3. The Hall–Kier alpha value is -0.950. The van der Waals surface area contributed by atoms with Crippen molar-refractivity contribution in [2.75, 3.05) is 19.8 Å². The van der Waals surface area contributed by atoms with Crippen molar-refractivity contribution in [3.63, 3.8) is 0 Å². The van der Waals surface area contributed by atoms with Gasteiger partial charge in [-0.3, -0.25) is 0 Å². The first-order chi connectivity index (χ1) is 10.1. The van der Waals surface area contributed by atoms with Crippen molar-refractivity contribution in [1.82, 2.24) is 4.72 Å². The van der Waals surface area contributed by atoms with Gasteiger partial charge in [-0.1, -0.05) is 24.3 Å². The highest BCUT2D eigenvalue weighted by atomic mass is 32.2. The van der Waals surface area contributed by atoms with Gasteiger partial charge in [-0.25, -0.2) is 13.1 Å². The zero-order chi connectivity index (χ0) is 15.1. The number of sulfonamides is 1. The van der Waals surface area contributed by atoms with Gasteiger partial charge < -0.3 is 10.5 Å². The quantitative estimate of drug-likeness (QED) is 0.640. The molecule has 2 rings (SSSR count). The summed E-state index contributed by atoms with van der Waals surface area (Å²) >= 11 is 0. The molecular weight excluding hydrogens is 288 g/mol. The van der Waals surface area contributed by atoms with Crippen LogP contribution in [-0.4, -0.2) is 28.2 Å². The summed E-state index contributed by atoms with van der Waals surface area (Å²) in [7, 11) is -3.28. The molecule has 1 aromatic carbocycles. The van der Waals surface area contributed by atoms with Gasteiger partial charge in [0, 0.05) is 26.3 Å². The van der Waals surface area contributed by atoms with E-state index in [4.69, 9.17) is 10.5 Å². The lowest BCUT2D eigenvalue weighted by Crippen LogP contribution is -2.27. The van der Waals surface area contributed by atoms with Gasteiger partial charge in [0.2, 0.25) is 10.0 Å². The number of hydrogen-bond acceptors (Lipinski definition) is 4. The standard InChI is InChI=1S/C15H24N2O3S/c16-10-13-2-6-15(7-3-13)12-21(18,19)17-8-1-9-20-11-14-4-5-14/h2-3,6-7,14,17H,1,4-5,8-12,16H2. The molecular formula is C15H24N2O3S. The zero-order valence-corrected chi connectivity index (χ0v) is 13.1. The molecule has 6 heteroatoms. The molecule has 118 valence electrons. The van der Waals surface area contributed by atoms with Crippen LogP contribution in [0.5, 0.6) is 0 Å². The monoisotopic (exact) mass is 312 g/mol. The molecule has 0 aliphatic heterocycles. The van der Waals surface area contributed by atoms with Gasteiger partial charge in [0.15, 0.2) is 0 Å². The minimum Gasteiger partial charge on any atom is -0.381 e. The topological polar surface area (TPSA) is 81.4 Å². The Morgan fingerprint density at radius 3 is 2.48 bits per heavy atom. The van der Waals surface area contributed by atoms with E-state index in [1.54, 1.807) is 12.1 Å². The van der Waals surface area contributed by atoms with Crippen LogP contribution in [0.1, 0.15) is 30.4 Å². The van der Waals surface area contributed by atoms with Crippen molar-refractivity contribution in [3.05, 3.63) is 35.4 Å². The van der Waals surface area contributed by atoms with Crippen LogP contribution in [0.25, 0.3) is 0 Å². The molecule has 0 saturated heterocycles. The summed E-state index contributed by atoms with van der Waals surface area (Å²) in [6, 6.07) is 7.33. The van der Waals surface area contributed by atoms with E-state index in [0.29, 0.717) is 26.1 Å². The number of benzene rings is 1. The fourth-order valence-electron chi connectivity index (χ4n) is 1.98. The number of rotatable bonds is 10. The predicted molar refractivity (Wildman–Crippen MR) is 83.1 cm³/mol. The van der Waals surface area contributed by atoms with Crippen LogP contribution in [0.4, 0.5) is 0 Å². The third-order valence-corrected chi connectivity index (χ3v) is 4.81. The summed E-state index contributed by atoms with van der Waals surface area (Å²) in [6.45, 7) is 2.32. The first-order valence-corrected chi connectivity index (χ1v) is 9.07. The van der Waals surface area contributed by atoms with E-state index >= 15 is 0 Å². The average Bonchev–Trinajstić information content (AvgIpc) is 3.27. The van der Waals surface area contributed by atoms with Gasteiger partial charge in [-0.2, -0.15) is 0 Å². The number of nitrogens with two attached hydrogens (primary N) is 1. The maximum Gasteiger partial charge on any atom is 0.215 e. The molecule has 3 N–H and O–H groups in total. The first-order valence-electron chi connectivity index (χ1n) is 7.42. The fraction of sp³-hybridized carbons (Fsp3) is 0.600. The molecule has 1 aliphatic rings. The van der Waals surface area contributed by atoms with Crippen LogP contribution in [0.2, 0.25) is 0 Å². The minimum absolute atomic E-state index is 0.000776. The molecule has 0 atom stereocenters.